The molecule has 2 rings (SSSR count). The van der Waals surface area contributed by atoms with Gasteiger partial charge in [-0.1, -0.05) is 6.08 Å². The molecule has 0 saturated carbocycles. The molecule has 1 aliphatic rings. The highest BCUT2D eigenvalue weighted by Gasteiger charge is 2.30. The van der Waals surface area contributed by atoms with E-state index in [1.165, 1.54) is 0 Å². The Balaban J connectivity index is 2.65. The van der Waals surface area contributed by atoms with Crippen molar-refractivity contribution in [2.45, 2.75) is 26.4 Å². The molecule has 1 aromatic carbocycles. The van der Waals surface area contributed by atoms with Crippen molar-refractivity contribution in [3.63, 3.8) is 0 Å². The van der Waals surface area contributed by atoms with Gasteiger partial charge in [0, 0.05) is 12.1 Å². The molecule has 5 heteroatoms. The van der Waals surface area contributed by atoms with E-state index in [-0.39, 0.29) is 0 Å². The van der Waals surface area contributed by atoms with Crippen LogP contribution in [0, 0.1) is 22.8 Å². The second kappa shape index (κ2) is 6.37. The van der Waals surface area contributed by atoms with Crippen LogP contribution < -0.4 is 4.74 Å². The Labute approximate surface area is 136 Å². The Morgan fingerprint density at radius 3 is 2.78 bits per heavy atom. The number of hydrogen-bond donors (Lipinski definition) is 0. The van der Waals surface area contributed by atoms with Crippen LogP contribution in [0.25, 0.3) is 5.70 Å². The summed E-state index contributed by atoms with van der Waals surface area (Å²) >= 11 is 0. The summed E-state index contributed by atoms with van der Waals surface area (Å²) in [5.41, 5.74) is 1.69. The van der Waals surface area contributed by atoms with Crippen molar-refractivity contribution >= 4 is 11.5 Å². The molecule has 0 fully saturated rings. The van der Waals surface area contributed by atoms with E-state index in [1.807, 2.05) is 31.0 Å². The Morgan fingerprint density at radius 1 is 1.43 bits per heavy atom. The Hall–Kier alpha value is -3.05. The molecule has 5 nitrogen and oxygen atoms in total. The van der Waals surface area contributed by atoms with Gasteiger partial charge in [-0.2, -0.15) is 15.5 Å². The largest absolute Gasteiger partial charge is 0.483 e. The Bertz CT molecular complexity index is 775. The molecule has 0 unspecified atom stereocenters. The highest BCUT2D eigenvalue weighted by molar-refractivity contribution is 5.91. The number of nitriles is 2. The molecule has 23 heavy (non-hydrogen) atoms. The minimum absolute atomic E-state index is 0.495. The van der Waals surface area contributed by atoms with Gasteiger partial charge in [0.1, 0.15) is 17.2 Å². The van der Waals surface area contributed by atoms with E-state index in [1.54, 1.807) is 31.2 Å². The summed E-state index contributed by atoms with van der Waals surface area (Å²) in [5, 5.41) is 18.0. The minimum Gasteiger partial charge on any atom is -0.483 e. The smallest absolute Gasteiger partial charge is 0.207 e. The molecular formula is C18H18N4O. The molecule has 116 valence electrons. The van der Waals surface area contributed by atoms with Crippen molar-refractivity contribution in [2.24, 2.45) is 4.99 Å². The first kappa shape index (κ1) is 16.3. The SMILES string of the molecule is C=CCN(C1=CC(C)(C)Oc2ccc(C#N)cc21)C(C)=NC#N. The molecule has 0 radical (unpaired) electrons. The lowest BCUT2D eigenvalue weighted by Gasteiger charge is -2.35. The van der Waals surface area contributed by atoms with Crippen LogP contribution in [-0.2, 0) is 0 Å². The normalized spacial score (nSPS) is 15.3. The first-order valence-electron chi connectivity index (χ1n) is 7.20. The summed E-state index contributed by atoms with van der Waals surface area (Å²) in [6.07, 6.45) is 5.53. The van der Waals surface area contributed by atoms with Gasteiger partial charge in [0.25, 0.3) is 0 Å². The number of hydrogen-bond acceptors (Lipinski definition) is 4. The highest BCUT2D eigenvalue weighted by atomic mass is 16.5. The van der Waals surface area contributed by atoms with Gasteiger partial charge in [0.2, 0.25) is 6.19 Å². The average Bonchev–Trinajstić information content (AvgIpc) is 2.51. The van der Waals surface area contributed by atoms with Gasteiger partial charge in [0.05, 0.1) is 17.3 Å². The number of rotatable bonds is 3. The van der Waals surface area contributed by atoms with E-state index in [9.17, 15) is 0 Å². The molecule has 1 heterocycles. The minimum atomic E-state index is -0.511. The van der Waals surface area contributed by atoms with Crippen LogP contribution in [0.1, 0.15) is 31.9 Å². The topological polar surface area (TPSA) is 72.4 Å². The molecule has 0 N–H and O–H groups in total. The monoisotopic (exact) mass is 306 g/mol. The second-order valence-electron chi connectivity index (χ2n) is 5.72. The van der Waals surface area contributed by atoms with E-state index in [2.05, 4.69) is 17.6 Å². The maximum Gasteiger partial charge on any atom is 0.207 e. The van der Waals surface area contributed by atoms with Crippen molar-refractivity contribution < 1.29 is 4.74 Å². The van der Waals surface area contributed by atoms with Crippen molar-refractivity contribution in [1.29, 1.82) is 10.5 Å². The van der Waals surface area contributed by atoms with Gasteiger partial charge in [-0.15, -0.1) is 6.58 Å². The molecule has 1 aromatic rings. The Morgan fingerprint density at radius 2 is 2.17 bits per heavy atom. The van der Waals surface area contributed by atoms with Crippen LogP contribution in [0.4, 0.5) is 0 Å². The van der Waals surface area contributed by atoms with E-state index < -0.39 is 5.60 Å². The number of amidine groups is 1. The highest BCUT2D eigenvalue weighted by Crippen LogP contribution is 2.38. The first-order valence-corrected chi connectivity index (χ1v) is 7.20. The van der Waals surface area contributed by atoms with Gasteiger partial charge < -0.3 is 9.64 Å². The quantitative estimate of drug-likeness (QED) is 0.371. The first-order chi connectivity index (χ1) is 10.9. The number of nitrogens with zero attached hydrogens (tertiary/aromatic N) is 4. The fraction of sp³-hybridized carbons (Fsp3) is 0.278. The number of benzene rings is 1. The van der Waals surface area contributed by atoms with E-state index in [0.29, 0.717) is 23.7 Å². The third-order valence-electron chi connectivity index (χ3n) is 3.45. The molecule has 0 aliphatic carbocycles. The summed E-state index contributed by atoms with van der Waals surface area (Å²) in [6, 6.07) is 7.45. The second-order valence-corrected chi connectivity index (χ2v) is 5.72. The molecule has 0 bridgehead atoms. The fourth-order valence-electron chi connectivity index (χ4n) is 2.50. The lowest BCUT2D eigenvalue weighted by Crippen LogP contribution is -2.35. The molecule has 0 atom stereocenters. The predicted octanol–water partition coefficient (Wildman–Crippen LogP) is 3.46. The molecule has 1 aliphatic heterocycles. The summed E-state index contributed by atoms with van der Waals surface area (Å²) in [6.45, 7) is 9.95. The van der Waals surface area contributed by atoms with Crippen molar-refractivity contribution in [2.75, 3.05) is 6.54 Å². The summed E-state index contributed by atoms with van der Waals surface area (Å²) in [4.78, 5) is 5.73. The average molecular weight is 306 g/mol. The Kier molecular flexibility index (Phi) is 4.52. The molecule has 0 aromatic heterocycles. The van der Waals surface area contributed by atoms with Crippen LogP contribution in [0.15, 0.2) is 41.9 Å². The molecule has 0 amide bonds. The number of fused-ring (bicyclic) bond motifs is 1. The van der Waals surface area contributed by atoms with E-state index in [4.69, 9.17) is 15.3 Å². The van der Waals surface area contributed by atoms with Crippen molar-refractivity contribution in [3.05, 3.63) is 48.1 Å². The van der Waals surface area contributed by atoms with E-state index in [0.717, 1.165) is 11.3 Å². The third-order valence-corrected chi connectivity index (χ3v) is 3.45. The summed E-state index contributed by atoms with van der Waals surface area (Å²) in [5.74, 6) is 1.26. The molecular weight excluding hydrogens is 288 g/mol. The standard InChI is InChI=1S/C18H18N4O/c1-5-8-22(13(2)21-12-20)16-10-18(3,4)23-17-7-6-14(11-19)9-15(16)17/h5-7,9-10H,1,8H2,2-4H3. The fourth-order valence-corrected chi connectivity index (χ4v) is 2.50. The van der Waals surface area contributed by atoms with Crippen LogP contribution in [-0.4, -0.2) is 22.9 Å². The lowest BCUT2D eigenvalue weighted by atomic mass is 9.96. The summed E-state index contributed by atoms with van der Waals surface area (Å²) < 4.78 is 5.97. The van der Waals surface area contributed by atoms with Crippen LogP contribution in [0.2, 0.25) is 0 Å². The van der Waals surface area contributed by atoms with Crippen LogP contribution in [0.5, 0.6) is 5.75 Å². The van der Waals surface area contributed by atoms with Gasteiger partial charge >= 0.3 is 0 Å². The zero-order valence-corrected chi connectivity index (χ0v) is 13.5. The van der Waals surface area contributed by atoms with Gasteiger partial charge in [-0.3, -0.25) is 0 Å². The zero-order chi connectivity index (χ0) is 17.0. The van der Waals surface area contributed by atoms with Gasteiger partial charge in [-0.25, -0.2) is 0 Å². The zero-order valence-electron chi connectivity index (χ0n) is 13.5. The lowest BCUT2D eigenvalue weighted by molar-refractivity contribution is 0.156. The van der Waals surface area contributed by atoms with Gasteiger partial charge in [0.15, 0.2) is 0 Å². The van der Waals surface area contributed by atoms with Crippen LogP contribution in [0.3, 0.4) is 0 Å². The molecule has 0 spiro atoms. The van der Waals surface area contributed by atoms with Crippen molar-refractivity contribution in [3.8, 4) is 18.0 Å². The maximum absolute atomic E-state index is 9.16. The molecule has 0 saturated heterocycles. The van der Waals surface area contributed by atoms with E-state index >= 15 is 0 Å². The van der Waals surface area contributed by atoms with Gasteiger partial charge in [-0.05, 0) is 45.0 Å². The predicted molar refractivity (Wildman–Crippen MR) is 89.5 cm³/mol. The third kappa shape index (κ3) is 3.41. The number of ether oxygens (including phenoxy) is 1. The summed E-state index contributed by atoms with van der Waals surface area (Å²) in [7, 11) is 0. The maximum atomic E-state index is 9.16. The van der Waals surface area contributed by atoms with Crippen LogP contribution >= 0.6 is 0 Å². The van der Waals surface area contributed by atoms with Crippen molar-refractivity contribution in [1.82, 2.24) is 4.90 Å². The number of aliphatic imine (C=N–C) groups is 1.